The van der Waals surface area contributed by atoms with Gasteiger partial charge in [-0.3, -0.25) is 0 Å². The summed E-state index contributed by atoms with van der Waals surface area (Å²) in [7, 11) is 0. The molecule has 3 nitrogen and oxygen atoms in total. The van der Waals surface area contributed by atoms with Crippen molar-refractivity contribution in [1.82, 2.24) is 0 Å². The standard InChI is InChI=1S/C15H11AsNO2/c1-16-10-6-7-11(17)13-12(10)14(18)8-4-2-3-5-9(8)15(13)19/h2-7H,17H2,1H3. The Kier molecular flexibility index (Phi) is 2.79. The molecule has 0 aliphatic heterocycles. The average molecular weight is 312 g/mol. The molecule has 0 heterocycles. The van der Waals surface area contributed by atoms with E-state index in [-0.39, 0.29) is 27.3 Å². The number of anilines is 1. The van der Waals surface area contributed by atoms with Crippen LogP contribution in [-0.2, 0) is 0 Å². The topological polar surface area (TPSA) is 60.2 Å². The molecule has 0 bridgehead atoms. The third kappa shape index (κ3) is 1.66. The summed E-state index contributed by atoms with van der Waals surface area (Å²) < 4.78 is 0.966. The first kappa shape index (κ1) is 12.2. The summed E-state index contributed by atoms with van der Waals surface area (Å²) in [4.78, 5) is 25.1. The molecule has 0 spiro atoms. The minimum atomic E-state index is -0.141. The molecule has 3 rings (SSSR count). The van der Waals surface area contributed by atoms with Crippen molar-refractivity contribution in [1.29, 1.82) is 0 Å². The maximum absolute atomic E-state index is 12.6. The molecule has 1 aliphatic rings. The van der Waals surface area contributed by atoms with Gasteiger partial charge < -0.3 is 0 Å². The number of carbonyl (C=O) groups excluding carboxylic acids is 2. The van der Waals surface area contributed by atoms with Gasteiger partial charge in [-0.2, -0.15) is 0 Å². The van der Waals surface area contributed by atoms with Gasteiger partial charge in [0, 0.05) is 0 Å². The van der Waals surface area contributed by atoms with E-state index in [0.717, 1.165) is 4.35 Å². The number of benzene rings is 2. The van der Waals surface area contributed by atoms with Gasteiger partial charge in [-0.1, -0.05) is 0 Å². The van der Waals surface area contributed by atoms with Crippen LogP contribution in [0.3, 0.4) is 0 Å². The maximum atomic E-state index is 12.6. The Bertz CT molecular complexity index is 722. The Labute approximate surface area is 117 Å². The summed E-state index contributed by atoms with van der Waals surface area (Å²) >= 11 is -0.141. The number of nitrogen functional groups attached to an aromatic ring is 1. The molecule has 0 fully saturated rings. The number of hydrogen-bond acceptors (Lipinski definition) is 3. The van der Waals surface area contributed by atoms with Gasteiger partial charge in [-0.15, -0.1) is 0 Å². The van der Waals surface area contributed by atoms with Crippen LogP contribution in [0.1, 0.15) is 31.8 Å². The van der Waals surface area contributed by atoms with Crippen LogP contribution in [0.5, 0.6) is 0 Å². The van der Waals surface area contributed by atoms with Gasteiger partial charge in [0.05, 0.1) is 0 Å². The van der Waals surface area contributed by atoms with E-state index in [1.54, 1.807) is 30.3 Å². The molecule has 0 unspecified atom stereocenters. The fourth-order valence-electron chi connectivity index (χ4n) is 2.42. The van der Waals surface area contributed by atoms with E-state index < -0.39 is 0 Å². The number of ketones is 2. The van der Waals surface area contributed by atoms with Gasteiger partial charge in [-0.25, -0.2) is 0 Å². The predicted molar refractivity (Wildman–Crippen MR) is 75.4 cm³/mol. The van der Waals surface area contributed by atoms with Crippen LogP contribution in [0.2, 0.25) is 5.71 Å². The molecule has 2 N–H and O–H groups in total. The summed E-state index contributed by atoms with van der Waals surface area (Å²) in [6.45, 7) is 0. The molecular weight excluding hydrogens is 301 g/mol. The number of fused-ring (bicyclic) bond motifs is 2. The van der Waals surface area contributed by atoms with Crippen molar-refractivity contribution in [2.45, 2.75) is 5.71 Å². The second kappa shape index (κ2) is 4.36. The first-order chi connectivity index (χ1) is 9.15. The summed E-state index contributed by atoms with van der Waals surface area (Å²) in [6.07, 6.45) is 0. The van der Waals surface area contributed by atoms with Crippen LogP contribution < -0.4 is 10.1 Å². The zero-order valence-electron chi connectivity index (χ0n) is 10.3. The molecule has 1 radical (unpaired) electrons. The van der Waals surface area contributed by atoms with Crippen molar-refractivity contribution >= 4 is 37.4 Å². The molecular formula is C15H11AsNO2. The zero-order chi connectivity index (χ0) is 13.6. The Morgan fingerprint density at radius 1 is 0.895 bits per heavy atom. The van der Waals surface area contributed by atoms with Crippen LogP contribution in [-0.4, -0.2) is 27.3 Å². The first-order valence-electron chi connectivity index (χ1n) is 5.86. The summed E-state index contributed by atoms with van der Waals surface area (Å²) in [5.74, 6) is -0.219. The second-order valence-electron chi connectivity index (χ2n) is 4.35. The molecule has 19 heavy (non-hydrogen) atoms. The van der Waals surface area contributed by atoms with E-state index in [4.69, 9.17) is 5.73 Å². The molecule has 0 saturated heterocycles. The SMILES string of the molecule is C[As]c1ccc(N)c2c1C(=O)c1ccccc1C2=O. The van der Waals surface area contributed by atoms with E-state index in [1.165, 1.54) is 0 Å². The molecule has 0 amide bonds. The monoisotopic (exact) mass is 312 g/mol. The van der Waals surface area contributed by atoms with Crippen molar-refractivity contribution in [3.8, 4) is 0 Å². The fraction of sp³-hybridized carbons (Fsp3) is 0.0667. The van der Waals surface area contributed by atoms with Crippen molar-refractivity contribution in [3.63, 3.8) is 0 Å². The number of carbonyl (C=O) groups is 2. The third-order valence-electron chi connectivity index (χ3n) is 3.33. The number of rotatable bonds is 1. The normalized spacial score (nSPS) is 13.7. The summed E-state index contributed by atoms with van der Waals surface area (Å²) in [5.41, 5.74) is 10.2. The molecule has 0 atom stereocenters. The van der Waals surface area contributed by atoms with E-state index in [0.29, 0.717) is 27.9 Å². The van der Waals surface area contributed by atoms with Gasteiger partial charge in [0.15, 0.2) is 0 Å². The Morgan fingerprint density at radius 3 is 2.05 bits per heavy atom. The molecule has 0 saturated carbocycles. The molecule has 2 aromatic carbocycles. The molecule has 4 heteroatoms. The molecule has 2 aromatic rings. The van der Waals surface area contributed by atoms with Crippen LogP contribution in [0.4, 0.5) is 5.69 Å². The van der Waals surface area contributed by atoms with E-state index in [1.807, 2.05) is 6.07 Å². The molecule has 1 aliphatic carbocycles. The third-order valence-corrected chi connectivity index (χ3v) is 5.12. The Hall–Kier alpha value is -1.86. The van der Waals surface area contributed by atoms with Crippen molar-refractivity contribution in [3.05, 3.63) is 58.7 Å². The minimum absolute atomic E-state index is 0.0790. The summed E-state index contributed by atoms with van der Waals surface area (Å²) in [6, 6.07) is 10.5. The van der Waals surface area contributed by atoms with Gasteiger partial charge in [0.2, 0.25) is 0 Å². The van der Waals surface area contributed by atoms with E-state index in [2.05, 4.69) is 5.71 Å². The Morgan fingerprint density at radius 2 is 1.47 bits per heavy atom. The number of hydrogen-bond donors (Lipinski definition) is 1. The van der Waals surface area contributed by atoms with Crippen LogP contribution >= 0.6 is 0 Å². The number of nitrogens with two attached hydrogens (primary N) is 1. The average Bonchev–Trinajstić information content (AvgIpc) is 2.44. The van der Waals surface area contributed by atoms with Gasteiger partial charge in [0.25, 0.3) is 0 Å². The predicted octanol–water partition coefficient (Wildman–Crippen LogP) is 1.42. The first-order valence-corrected chi connectivity index (χ1v) is 8.67. The Balaban J connectivity index is 2.38. The molecule has 0 aromatic heterocycles. The summed E-state index contributed by atoms with van der Waals surface area (Å²) in [5, 5.41) is 0. The van der Waals surface area contributed by atoms with Gasteiger partial charge in [-0.05, 0) is 0 Å². The second-order valence-corrected chi connectivity index (χ2v) is 6.30. The van der Waals surface area contributed by atoms with Crippen molar-refractivity contribution in [2.75, 3.05) is 5.73 Å². The zero-order valence-corrected chi connectivity index (χ0v) is 12.2. The van der Waals surface area contributed by atoms with Gasteiger partial charge >= 0.3 is 117 Å². The van der Waals surface area contributed by atoms with E-state index in [9.17, 15) is 9.59 Å². The fourth-order valence-corrected chi connectivity index (χ4v) is 3.80. The van der Waals surface area contributed by atoms with Crippen LogP contribution in [0.15, 0.2) is 36.4 Å². The van der Waals surface area contributed by atoms with Crippen LogP contribution in [0, 0.1) is 0 Å². The van der Waals surface area contributed by atoms with Gasteiger partial charge in [0.1, 0.15) is 0 Å². The van der Waals surface area contributed by atoms with Crippen molar-refractivity contribution < 1.29 is 9.59 Å². The quantitative estimate of drug-likeness (QED) is 0.546. The molecule has 93 valence electrons. The van der Waals surface area contributed by atoms with Crippen molar-refractivity contribution in [2.24, 2.45) is 0 Å². The van der Waals surface area contributed by atoms with Crippen LogP contribution in [0.25, 0.3) is 0 Å². The van der Waals surface area contributed by atoms with E-state index >= 15 is 0 Å².